The van der Waals surface area contributed by atoms with Crippen LogP contribution in [0.4, 0.5) is 0 Å². The van der Waals surface area contributed by atoms with Crippen molar-refractivity contribution < 1.29 is 4.42 Å². The molecule has 3 nitrogen and oxygen atoms in total. The summed E-state index contributed by atoms with van der Waals surface area (Å²) in [6.45, 7) is 0. The highest BCUT2D eigenvalue weighted by molar-refractivity contribution is 6.28. The number of nitrogens with zero attached hydrogens (tertiary/aromatic N) is 1. The third kappa shape index (κ3) is 1.39. The van der Waals surface area contributed by atoms with Gasteiger partial charge in [0.15, 0.2) is 5.58 Å². The van der Waals surface area contributed by atoms with Gasteiger partial charge in [-0.1, -0.05) is 36.4 Å². The van der Waals surface area contributed by atoms with E-state index in [1.165, 1.54) is 21.5 Å². The lowest BCUT2D eigenvalue weighted by Gasteiger charge is -2.01. The number of fused-ring (bicyclic) bond motifs is 9. The van der Waals surface area contributed by atoms with Crippen LogP contribution in [0, 0.1) is 0 Å². The number of hydrogen-bond donors (Lipinski definition) is 1. The second-order valence-corrected chi connectivity index (χ2v) is 6.15. The van der Waals surface area contributed by atoms with Gasteiger partial charge in [0.05, 0.1) is 10.9 Å². The van der Waals surface area contributed by atoms with Crippen LogP contribution in [0.1, 0.15) is 0 Å². The molecule has 0 atom stereocenters. The Balaban J connectivity index is 1.98. The van der Waals surface area contributed by atoms with Crippen molar-refractivity contribution in [2.24, 2.45) is 0 Å². The standard InChI is InChI=1S/C21H12N2O/c1-2-5-15-13(4-1)14-9-7-12-8-10-16-19(18(12)20(14)23-15)21-17(24-16)6-3-11-22-21/h1-11,23H. The van der Waals surface area contributed by atoms with Gasteiger partial charge in [-0.15, -0.1) is 0 Å². The first-order chi connectivity index (χ1) is 11.9. The third-order valence-electron chi connectivity index (χ3n) is 4.85. The van der Waals surface area contributed by atoms with Gasteiger partial charge in [0.25, 0.3) is 0 Å². The van der Waals surface area contributed by atoms with Crippen LogP contribution in [0.15, 0.2) is 71.3 Å². The van der Waals surface area contributed by atoms with Gasteiger partial charge >= 0.3 is 0 Å². The Hall–Kier alpha value is -3.33. The molecule has 0 fully saturated rings. The Bertz CT molecular complexity index is 1410. The number of rotatable bonds is 0. The summed E-state index contributed by atoms with van der Waals surface area (Å²) in [5.41, 5.74) is 4.92. The van der Waals surface area contributed by atoms with E-state index in [0.717, 1.165) is 33.1 Å². The molecule has 0 aliphatic heterocycles. The predicted molar refractivity (Wildman–Crippen MR) is 98.4 cm³/mol. The SMILES string of the molecule is c1ccc2c(c1)[nH]c1c2ccc2ccc3oc4cccnc4c3c21. The second-order valence-electron chi connectivity index (χ2n) is 6.15. The lowest BCUT2D eigenvalue weighted by Crippen LogP contribution is -1.79. The fourth-order valence-electron chi connectivity index (χ4n) is 3.81. The van der Waals surface area contributed by atoms with E-state index in [9.17, 15) is 0 Å². The van der Waals surface area contributed by atoms with E-state index in [-0.39, 0.29) is 0 Å². The number of aromatic amines is 1. The average molecular weight is 308 g/mol. The van der Waals surface area contributed by atoms with Gasteiger partial charge in [-0.25, -0.2) is 0 Å². The van der Waals surface area contributed by atoms with Crippen LogP contribution in [0.5, 0.6) is 0 Å². The molecule has 0 amide bonds. The molecule has 0 aliphatic carbocycles. The molecule has 0 saturated carbocycles. The van der Waals surface area contributed by atoms with Crippen LogP contribution in [0.2, 0.25) is 0 Å². The van der Waals surface area contributed by atoms with Gasteiger partial charge < -0.3 is 9.40 Å². The van der Waals surface area contributed by atoms with Crippen molar-refractivity contribution in [1.29, 1.82) is 0 Å². The molecule has 24 heavy (non-hydrogen) atoms. The van der Waals surface area contributed by atoms with Crippen LogP contribution in [-0.2, 0) is 0 Å². The van der Waals surface area contributed by atoms with Crippen molar-refractivity contribution in [2.45, 2.75) is 0 Å². The van der Waals surface area contributed by atoms with E-state index in [1.807, 2.05) is 24.4 Å². The van der Waals surface area contributed by atoms with E-state index < -0.39 is 0 Å². The van der Waals surface area contributed by atoms with Gasteiger partial charge in [-0.05, 0) is 29.7 Å². The van der Waals surface area contributed by atoms with Crippen LogP contribution >= 0.6 is 0 Å². The van der Waals surface area contributed by atoms with Gasteiger partial charge in [0, 0.05) is 27.9 Å². The molecule has 3 heterocycles. The number of pyridine rings is 1. The van der Waals surface area contributed by atoms with E-state index >= 15 is 0 Å². The zero-order valence-electron chi connectivity index (χ0n) is 12.7. The van der Waals surface area contributed by atoms with Crippen molar-refractivity contribution in [1.82, 2.24) is 9.97 Å². The molecule has 3 heteroatoms. The summed E-state index contributed by atoms with van der Waals surface area (Å²) in [5.74, 6) is 0. The smallest absolute Gasteiger partial charge is 0.153 e. The van der Waals surface area contributed by atoms with Crippen LogP contribution in [-0.4, -0.2) is 9.97 Å². The van der Waals surface area contributed by atoms with Crippen molar-refractivity contribution in [3.05, 3.63) is 66.9 Å². The first-order valence-corrected chi connectivity index (χ1v) is 7.99. The summed E-state index contributed by atoms with van der Waals surface area (Å²) >= 11 is 0. The number of nitrogens with one attached hydrogen (secondary N) is 1. The Kier molecular flexibility index (Phi) is 2.10. The summed E-state index contributed by atoms with van der Waals surface area (Å²) in [6.07, 6.45) is 1.82. The molecule has 0 unspecified atom stereocenters. The van der Waals surface area contributed by atoms with Crippen molar-refractivity contribution in [2.75, 3.05) is 0 Å². The van der Waals surface area contributed by atoms with Crippen molar-refractivity contribution in [3.63, 3.8) is 0 Å². The highest BCUT2D eigenvalue weighted by atomic mass is 16.3. The summed E-state index contributed by atoms with van der Waals surface area (Å²) in [4.78, 5) is 8.17. The molecule has 6 aromatic rings. The van der Waals surface area contributed by atoms with E-state index in [1.54, 1.807) is 0 Å². The number of H-pyrrole nitrogens is 1. The minimum Gasteiger partial charge on any atom is -0.454 e. The Morgan fingerprint density at radius 2 is 1.67 bits per heavy atom. The molecule has 6 rings (SSSR count). The number of hydrogen-bond acceptors (Lipinski definition) is 2. The Labute approximate surface area is 136 Å². The second kappa shape index (κ2) is 4.15. The largest absolute Gasteiger partial charge is 0.454 e. The maximum Gasteiger partial charge on any atom is 0.153 e. The van der Waals surface area contributed by atoms with E-state index in [2.05, 4.69) is 52.4 Å². The average Bonchev–Trinajstić information content (AvgIpc) is 3.19. The number of benzene rings is 3. The van der Waals surface area contributed by atoms with Crippen LogP contribution in [0.3, 0.4) is 0 Å². The maximum atomic E-state index is 6.01. The zero-order valence-corrected chi connectivity index (χ0v) is 12.7. The number of aromatic nitrogens is 2. The molecule has 3 aromatic heterocycles. The summed E-state index contributed by atoms with van der Waals surface area (Å²) < 4.78 is 6.01. The molecule has 112 valence electrons. The summed E-state index contributed by atoms with van der Waals surface area (Å²) in [5, 5.41) is 5.93. The Morgan fingerprint density at radius 3 is 2.67 bits per heavy atom. The van der Waals surface area contributed by atoms with Crippen molar-refractivity contribution in [3.8, 4) is 0 Å². The normalized spacial score (nSPS) is 12.2. The van der Waals surface area contributed by atoms with Gasteiger partial charge in [-0.2, -0.15) is 0 Å². The first kappa shape index (κ1) is 12.1. The highest BCUT2D eigenvalue weighted by Crippen LogP contribution is 2.38. The maximum absolute atomic E-state index is 6.01. The van der Waals surface area contributed by atoms with Gasteiger partial charge in [-0.3, -0.25) is 4.98 Å². The topological polar surface area (TPSA) is 41.8 Å². The van der Waals surface area contributed by atoms with Crippen LogP contribution < -0.4 is 0 Å². The third-order valence-corrected chi connectivity index (χ3v) is 4.85. The van der Waals surface area contributed by atoms with Gasteiger partial charge in [0.2, 0.25) is 0 Å². The summed E-state index contributed by atoms with van der Waals surface area (Å²) in [7, 11) is 0. The number of furan rings is 1. The fourth-order valence-corrected chi connectivity index (χ4v) is 3.81. The zero-order chi connectivity index (χ0) is 15.7. The van der Waals surface area contributed by atoms with Crippen LogP contribution in [0.25, 0.3) is 54.6 Å². The monoisotopic (exact) mass is 308 g/mol. The van der Waals surface area contributed by atoms with E-state index in [4.69, 9.17) is 4.42 Å². The molecule has 3 aromatic carbocycles. The highest BCUT2D eigenvalue weighted by Gasteiger charge is 2.15. The minimum atomic E-state index is 0.827. The molecule has 0 bridgehead atoms. The fraction of sp³-hybridized carbons (Fsp3) is 0. The molecular formula is C21H12N2O. The molecular weight excluding hydrogens is 296 g/mol. The van der Waals surface area contributed by atoms with Gasteiger partial charge in [0.1, 0.15) is 11.1 Å². The molecule has 0 saturated heterocycles. The molecule has 1 N–H and O–H groups in total. The molecule has 0 spiro atoms. The Morgan fingerprint density at radius 1 is 0.750 bits per heavy atom. The quantitative estimate of drug-likeness (QED) is 0.387. The van der Waals surface area contributed by atoms with Crippen molar-refractivity contribution >= 4 is 54.6 Å². The molecule has 0 radical (unpaired) electrons. The first-order valence-electron chi connectivity index (χ1n) is 7.99. The predicted octanol–water partition coefficient (Wildman–Crippen LogP) is 5.77. The number of para-hydroxylation sites is 1. The summed E-state index contributed by atoms with van der Waals surface area (Å²) in [6, 6.07) is 20.8. The minimum absolute atomic E-state index is 0.827. The lowest BCUT2D eigenvalue weighted by molar-refractivity contribution is 0.668. The van der Waals surface area contributed by atoms with E-state index in [0.29, 0.717) is 0 Å². The molecule has 0 aliphatic rings. The lowest BCUT2D eigenvalue weighted by atomic mass is 10.0.